The first-order valence-corrected chi connectivity index (χ1v) is 6.49. The van der Waals surface area contributed by atoms with E-state index in [4.69, 9.17) is 0 Å². The molecule has 0 aliphatic heterocycles. The minimum atomic E-state index is 0.992. The van der Waals surface area contributed by atoms with Gasteiger partial charge in [0.2, 0.25) is 5.95 Å². The fraction of sp³-hybridized carbons (Fsp3) is 0.769. The zero-order valence-corrected chi connectivity index (χ0v) is 10.9. The number of unbranched alkanes of at least 4 members (excludes halogenated alkanes) is 5. The van der Waals surface area contributed by atoms with Crippen molar-refractivity contribution in [3.63, 3.8) is 0 Å². The van der Waals surface area contributed by atoms with E-state index >= 15 is 0 Å². The third kappa shape index (κ3) is 4.25. The Morgan fingerprint density at radius 2 is 1.88 bits per heavy atom. The predicted octanol–water partition coefficient (Wildman–Crippen LogP) is 3.59. The van der Waals surface area contributed by atoms with Gasteiger partial charge in [-0.05, 0) is 13.3 Å². The summed E-state index contributed by atoms with van der Waals surface area (Å²) in [7, 11) is 1.93. The summed E-state index contributed by atoms with van der Waals surface area (Å²) in [4.78, 5) is 4.41. The maximum atomic E-state index is 4.41. The van der Waals surface area contributed by atoms with Crippen LogP contribution in [0.25, 0.3) is 0 Å². The van der Waals surface area contributed by atoms with Gasteiger partial charge in [0, 0.05) is 19.8 Å². The van der Waals surface area contributed by atoms with Crippen molar-refractivity contribution in [3.05, 3.63) is 11.9 Å². The van der Waals surface area contributed by atoms with Gasteiger partial charge < -0.3 is 9.88 Å². The van der Waals surface area contributed by atoms with Crippen molar-refractivity contribution in [2.24, 2.45) is 0 Å². The van der Waals surface area contributed by atoms with Gasteiger partial charge in [-0.15, -0.1) is 0 Å². The molecule has 1 rings (SSSR count). The smallest absolute Gasteiger partial charge is 0.202 e. The van der Waals surface area contributed by atoms with Crippen LogP contribution in [0.2, 0.25) is 0 Å². The van der Waals surface area contributed by atoms with Crippen molar-refractivity contribution in [1.29, 1.82) is 0 Å². The summed E-state index contributed by atoms with van der Waals surface area (Å²) in [5.41, 5.74) is 1.09. The first-order chi connectivity index (χ1) is 7.77. The van der Waals surface area contributed by atoms with Crippen molar-refractivity contribution < 1.29 is 0 Å². The minimum absolute atomic E-state index is 0.992. The topological polar surface area (TPSA) is 29.9 Å². The molecule has 3 heteroatoms. The number of anilines is 1. The summed E-state index contributed by atoms with van der Waals surface area (Å²) in [5.74, 6) is 0.992. The van der Waals surface area contributed by atoms with Crippen molar-refractivity contribution >= 4 is 5.95 Å². The zero-order chi connectivity index (χ0) is 11.8. The van der Waals surface area contributed by atoms with E-state index in [0.717, 1.165) is 18.2 Å². The van der Waals surface area contributed by atoms with Crippen LogP contribution in [0.4, 0.5) is 5.95 Å². The van der Waals surface area contributed by atoms with Gasteiger partial charge in [-0.25, -0.2) is 4.98 Å². The molecule has 1 aromatic rings. The zero-order valence-electron chi connectivity index (χ0n) is 10.9. The molecule has 0 unspecified atom stereocenters. The molecule has 3 nitrogen and oxygen atoms in total. The fourth-order valence-corrected chi connectivity index (χ4v) is 1.98. The second-order valence-electron chi connectivity index (χ2n) is 4.42. The van der Waals surface area contributed by atoms with Crippen LogP contribution in [0.3, 0.4) is 0 Å². The molecule has 0 bridgehead atoms. The molecule has 1 heterocycles. The molecule has 0 aliphatic rings. The van der Waals surface area contributed by atoms with Crippen LogP contribution in [-0.4, -0.2) is 16.6 Å². The second kappa shape index (κ2) is 7.31. The van der Waals surface area contributed by atoms with E-state index in [-0.39, 0.29) is 0 Å². The van der Waals surface area contributed by atoms with E-state index in [1.807, 2.05) is 14.0 Å². The lowest BCUT2D eigenvalue weighted by molar-refractivity contribution is 0.560. The number of aryl methyl sites for hydroxylation is 2. The third-order valence-electron chi connectivity index (χ3n) is 2.87. The van der Waals surface area contributed by atoms with Gasteiger partial charge in [-0.3, -0.25) is 0 Å². The minimum Gasteiger partial charge on any atom is -0.359 e. The van der Waals surface area contributed by atoms with Gasteiger partial charge in [0.15, 0.2) is 0 Å². The number of rotatable bonds is 8. The Balaban J connectivity index is 2.21. The number of aromatic nitrogens is 2. The number of nitrogens with zero attached hydrogens (tertiary/aromatic N) is 2. The third-order valence-corrected chi connectivity index (χ3v) is 2.87. The molecule has 0 spiro atoms. The quantitative estimate of drug-likeness (QED) is 0.682. The maximum absolute atomic E-state index is 4.41. The van der Waals surface area contributed by atoms with E-state index in [1.165, 1.54) is 38.5 Å². The van der Waals surface area contributed by atoms with Crippen LogP contribution in [0, 0.1) is 6.92 Å². The lowest BCUT2D eigenvalue weighted by Gasteiger charge is -2.06. The lowest BCUT2D eigenvalue weighted by atomic mass is 10.1. The van der Waals surface area contributed by atoms with Crippen molar-refractivity contribution in [2.45, 2.75) is 58.9 Å². The molecule has 0 aliphatic carbocycles. The average Bonchev–Trinajstić information content (AvgIpc) is 2.64. The Morgan fingerprint density at radius 3 is 2.56 bits per heavy atom. The molecular weight excluding hydrogens is 198 g/mol. The van der Waals surface area contributed by atoms with Gasteiger partial charge in [0.25, 0.3) is 0 Å². The molecule has 0 atom stereocenters. The van der Waals surface area contributed by atoms with E-state index in [2.05, 4.69) is 28.0 Å². The van der Waals surface area contributed by atoms with E-state index < -0.39 is 0 Å². The Hall–Kier alpha value is -0.990. The highest BCUT2D eigenvalue weighted by atomic mass is 15.2. The van der Waals surface area contributed by atoms with Gasteiger partial charge in [-0.2, -0.15) is 0 Å². The molecule has 0 saturated carbocycles. The van der Waals surface area contributed by atoms with Crippen LogP contribution >= 0.6 is 0 Å². The van der Waals surface area contributed by atoms with E-state index in [0.29, 0.717) is 0 Å². The number of hydrogen-bond donors (Lipinski definition) is 1. The van der Waals surface area contributed by atoms with E-state index in [9.17, 15) is 0 Å². The molecule has 0 aromatic carbocycles. The Labute approximate surface area is 99.3 Å². The largest absolute Gasteiger partial charge is 0.359 e. The SMILES string of the molecule is CCCCCCCCn1cc(C)nc1NC. The highest BCUT2D eigenvalue weighted by molar-refractivity contribution is 5.27. The number of hydrogen-bond acceptors (Lipinski definition) is 2. The van der Waals surface area contributed by atoms with Gasteiger partial charge in [0.05, 0.1) is 5.69 Å². The molecular formula is C13H25N3. The van der Waals surface area contributed by atoms with Crippen LogP contribution in [0.1, 0.15) is 51.1 Å². The first kappa shape index (κ1) is 13.1. The summed E-state index contributed by atoms with van der Waals surface area (Å²) >= 11 is 0. The summed E-state index contributed by atoms with van der Waals surface area (Å²) in [6, 6.07) is 0. The summed E-state index contributed by atoms with van der Waals surface area (Å²) in [6.07, 6.45) is 10.2. The first-order valence-electron chi connectivity index (χ1n) is 6.49. The second-order valence-corrected chi connectivity index (χ2v) is 4.42. The Morgan fingerprint density at radius 1 is 1.19 bits per heavy atom. The Kier molecular flexibility index (Phi) is 5.98. The standard InChI is InChI=1S/C13H25N3/c1-4-5-6-7-8-9-10-16-11-12(2)15-13(16)14-3/h11H,4-10H2,1-3H3,(H,14,15). The van der Waals surface area contributed by atoms with Crippen LogP contribution in [-0.2, 0) is 6.54 Å². The molecule has 0 radical (unpaired) electrons. The molecule has 1 N–H and O–H groups in total. The maximum Gasteiger partial charge on any atom is 0.202 e. The summed E-state index contributed by atoms with van der Waals surface area (Å²) < 4.78 is 2.22. The molecule has 0 saturated heterocycles. The van der Waals surface area contributed by atoms with Crippen molar-refractivity contribution in [2.75, 3.05) is 12.4 Å². The predicted molar refractivity (Wildman–Crippen MR) is 69.9 cm³/mol. The summed E-state index contributed by atoms with van der Waals surface area (Å²) in [6.45, 7) is 5.38. The average molecular weight is 223 g/mol. The molecule has 92 valence electrons. The van der Waals surface area contributed by atoms with Crippen LogP contribution < -0.4 is 5.32 Å². The fourth-order valence-electron chi connectivity index (χ4n) is 1.98. The van der Waals surface area contributed by atoms with E-state index in [1.54, 1.807) is 0 Å². The summed E-state index contributed by atoms with van der Waals surface area (Å²) in [5, 5.41) is 3.13. The number of imidazole rings is 1. The highest BCUT2D eigenvalue weighted by Crippen LogP contribution is 2.11. The molecule has 1 aromatic heterocycles. The lowest BCUT2D eigenvalue weighted by Crippen LogP contribution is -2.02. The highest BCUT2D eigenvalue weighted by Gasteiger charge is 2.02. The van der Waals surface area contributed by atoms with Crippen LogP contribution in [0.15, 0.2) is 6.20 Å². The molecule has 0 amide bonds. The van der Waals surface area contributed by atoms with Crippen LogP contribution in [0.5, 0.6) is 0 Å². The van der Waals surface area contributed by atoms with Crippen molar-refractivity contribution in [3.8, 4) is 0 Å². The Bertz CT molecular complexity index is 291. The monoisotopic (exact) mass is 223 g/mol. The van der Waals surface area contributed by atoms with Gasteiger partial charge in [-0.1, -0.05) is 39.0 Å². The number of nitrogens with one attached hydrogen (secondary N) is 1. The molecule has 16 heavy (non-hydrogen) atoms. The normalized spacial score (nSPS) is 10.7. The van der Waals surface area contributed by atoms with Gasteiger partial charge >= 0.3 is 0 Å². The molecule has 0 fully saturated rings. The van der Waals surface area contributed by atoms with Gasteiger partial charge in [0.1, 0.15) is 0 Å². The van der Waals surface area contributed by atoms with Crippen molar-refractivity contribution in [1.82, 2.24) is 9.55 Å².